The maximum atomic E-state index is 12.3. The summed E-state index contributed by atoms with van der Waals surface area (Å²) in [5, 5.41) is 1.69. The van der Waals surface area contributed by atoms with E-state index in [1.54, 1.807) is 5.38 Å². The summed E-state index contributed by atoms with van der Waals surface area (Å²) in [6, 6.07) is 1.07. The quantitative estimate of drug-likeness (QED) is 0.800. The molecule has 1 aromatic heterocycles. The van der Waals surface area contributed by atoms with Crippen LogP contribution < -0.4 is 0 Å². The smallest absolute Gasteiger partial charge is 0.229 e. The van der Waals surface area contributed by atoms with E-state index < -0.39 is 25.9 Å². The van der Waals surface area contributed by atoms with E-state index in [-0.39, 0.29) is 15.7 Å². The molecule has 0 aliphatic carbocycles. The lowest BCUT2D eigenvalue weighted by molar-refractivity contribution is 0.395. The molecule has 1 aliphatic rings. The van der Waals surface area contributed by atoms with Gasteiger partial charge in [-0.1, -0.05) is 0 Å². The summed E-state index contributed by atoms with van der Waals surface area (Å²) in [6.07, 6.45) is 0.366. The van der Waals surface area contributed by atoms with Crippen molar-refractivity contribution < 1.29 is 16.8 Å². The highest BCUT2D eigenvalue weighted by Crippen LogP contribution is 2.29. The number of sulfone groups is 1. The van der Waals surface area contributed by atoms with Gasteiger partial charge in [-0.25, -0.2) is 16.8 Å². The van der Waals surface area contributed by atoms with Crippen molar-refractivity contribution in [1.29, 1.82) is 0 Å². The lowest BCUT2D eigenvalue weighted by atomic mass is 10.3. The second-order valence-electron chi connectivity index (χ2n) is 4.16. The molecule has 2 rings (SSSR count). The molecule has 1 aromatic rings. The summed E-state index contributed by atoms with van der Waals surface area (Å²) in [4.78, 5) is 0. The first-order valence-electron chi connectivity index (χ1n) is 5.15. The van der Waals surface area contributed by atoms with E-state index in [0.29, 0.717) is 10.9 Å². The first-order valence-corrected chi connectivity index (χ1v) is 10.1. The molecule has 0 amide bonds. The minimum Gasteiger partial charge on any atom is -0.229 e. The van der Waals surface area contributed by atoms with Crippen molar-refractivity contribution in [3.05, 3.63) is 15.9 Å². The Hall–Kier alpha value is 0.0400. The molecule has 0 bridgehead atoms. The number of sulfonamides is 1. The first kappa shape index (κ1) is 14.4. The number of rotatable bonds is 3. The molecule has 1 saturated heterocycles. The SMILES string of the molecule is CN(C1CCS(=O)(=O)C1)S(=O)(=O)c1cc(Br)cs1. The van der Waals surface area contributed by atoms with Crippen molar-refractivity contribution in [2.24, 2.45) is 0 Å². The summed E-state index contributed by atoms with van der Waals surface area (Å²) < 4.78 is 49.4. The van der Waals surface area contributed by atoms with E-state index in [9.17, 15) is 16.8 Å². The Balaban J connectivity index is 2.26. The average molecular weight is 374 g/mol. The molecule has 102 valence electrons. The molecule has 9 heteroatoms. The second-order valence-corrected chi connectivity index (χ2v) is 10.4. The fraction of sp³-hybridized carbons (Fsp3) is 0.556. The van der Waals surface area contributed by atoms with Crippen LogP contribution in [0.3, 0.4) is 0 Å². The topological polar surface area (TPSA) is 71.5 Å². The lowest BCUT2D eigenvalue weighted by Crippen LogP contribution is -2.37. The lowest BCUT2D eigenvalue weighted by Gasteiger charge is -2.21. The van der Waals surface area contributed by atoms with Gasteiger partial charge in [0, 0.05) is 22.9 Å². The van der Waals surface area contributed by atoms with E-state index in [1.165, 1.54) is 17.4 Å². The van der Waals surface area contributed by atoms with Crippen molar-refractivity contribution in [3.63, 3.8) is 0 Å². The van der Waals surface area contributed by atoms with E-state index in [0.717, 1.165) is 11.3 Å². The summed E-state index contributed by atoms with van der Waals surface area (Å²) in [6.45, 7) is 0. The maximum Gasteiger partial charge on any atom is 0.252 e. The monoisotopic (exact) mass is 373 g/mol. The first-order chi connectivity index (χ1) is 8.22. The predicted octanol–water partition coefficient (Wildman–Crippen LogP) is 1.32. The van der Waals surface area contributed by atoms with E-state index in [1.807, 2.05) is 0 Å². The summed E-state index contributed by atoms with van der Waals surface area (Å²) >= 11 is 4.32. The Morgan fingerprint density at radius 1 is 1.50 bits per heavy atom. The van der Waals surface area contributed by atoms with E-state index in [4.69, 9.17) is 0 Å². The van der Waals surface area contributed by atoms with Crippen molar-refractivity contribution in [2.75, 3.05) is 18.6 Å². The van der Waals surface area contributed by atoms with Gasteiger partial charge >= 0.3 is 0 Å². The molecular formula is C9H12BrNO4S3. The van der Waals surface area contributed by atoms with Crippen LogP contribution >= 0.6 is 27.3 Å². The van der Waals surface area contributed by atoms with Gasteiger partial charge in [-0.05, 0) is 28.4 Å². The van der Waals surface area contributed by atoms with Crippen LogP contribution in [0.5, 0.6) is 0 Å². The van der Waals surface area contributed by atoms with Crippen molar-refractivity contribution in [3.8, 4) is 0 Å². The van der Waals surface area contributed by atoms with Crippen LogP contribution in [0.1, 0.15) is 6.42 Å². The second kappa shape index (κ2) is 4.86. The average Bonchev–Trinajstić information content (AvgIpc) is 2.83. The molecule has 0 aromatic carbocycles. The Bertz CT molecular complexity index is 649. The molecular weight excluding hydrogens is 362 g/mol. The Labute approximate surface area is 119 Å². The Morgan fingerprint density at radius 2 is 2.17 bits per heavy atom. The fourth-order valence-electron chi connectivity index (χ4n) is 1.83. The van der Waals surface area contributed by atoms with Gasteiger partial charge in [-0.3, -0.25) is 0 Å². The van der Waals surface area contributed by atoms with E-state index >= 15 is 0 Å². The van der Waals surface area contributed by atoms with Crippen LogP contribution in [0.4, 0.5) is 0 Å². The Kier molecular flexibility index (Phi) is 3.90. The van der Waals surface area contributed by atoms with Gasteiger partial charge < -0.3 is 0 Å². The molecule has 0 N–H and O–H groups in total. The van der Waals surface area contributed by atoms with Gasteiger partial charge in [-0.2, -0.15) is 4.31 Å². The van der Waals surface area contributed by atoms with Crippen LogP contribution in [-0.4, -0.2) is 45.7 Å². The number of halogens is 1. The maximum absolute atomic E-state index is 12.3. The highest BCUT2D eigenvalue weighted by atomic mass is 79.9. The van der Waals surface area contributed by atoms with Gasteiger partial charge in [0.2, 0.25) is 0 Å². The molecule has 1 unspecified atom stereocenters. The molecule has 0 saturated carbocycles. The van der Waals surface area contributed by atoms with Crippen LogP contribution in [-0.2, 0) is 19.9 Å². The molecule has 0 spiro atoms. The van der Waals surface area contributed by atoms with Gasteiger partial charge in [0.1, 0.15) is 4.21 Å². The fourth-order valence-corrected chi connectivity index (χ4v) is 7.12. The number of hydrogen-bond acceptors (Lipinski definition) is 5. The van der Waals surface area contributed by atoms with Crippen LogP contribution in [0.2, 0.25) is 0 Å². The molecule has 0 radical (unpaired) electrons. The van der Waals surface area contributed by atoms with Gasteiger partial charge in [0.25, 0.3) is 10.0 Å². The normalized spacial score (nSPS) is 23.6. The molecule has 1 atom stereocenters. The van der Waals surface area contributed by atoms with Gasteiger partial charge in [-0.15, -0.1) is 11.3 Å². The van der Waals surface area contributed by atoms with E-state index in [2.05, 4.69) is 15.9 Å². The van der Waals surface area contributed by atoms with Crippen molar-refractivity contribution in [1.82, 2.24) is 4.31 Å². The number of thiophene rings is 1. The number of hydrogen-bond donors (Lipinski definition) is 0. The van der Waals surface area contributed by atoms with Crippen LogP contribution in [0.15, 0.2) is 20.1 Å². The minimum absolute atomic E-state index is 0.0612. The van der Waals surface area contributed by atoms with Crippen molar-refractivity contribution in [2.45, 2.75) is 16.7 Å². The highest BCUT2D eigenvalue weighted by molar-refractivity contribution is 9.10. The molecule has 2 heterocycles. The minimum atomic E-state index is -3.59. The van der Waals surface area contributed by atoms with Crippen LogP contribution in [0, 0.1) is 0 Å². The zero-order valence-electron chi connectivity index (χ0n) is 9.54. The zero-order valence-corrected chi connectivity index (χ0v) is 13.6. The molecule has 1 aliphatic heterocycles. The van der Waals surface area contributed by atoms with Crippen LogP contribution in [0.25, 0.3) is 0 Å². The highest BCUT2D eigenvalue weighted by Gasteiger charge is 2.36. The summed E-state index contributed by atoms with van der Waals surface area (Å²) in [7, 11) is -5.25. The largest absolute Gasteiger partial charge is 0.252 e. The summed E-state index contributed by atoms with van der Waals surface area (Å²) in [5.41, 5.74) is 0. The van der Waals surface area contributed by atoms with Gasteiger partial charge in [0.05, 0.1) is 11.5 Å². The van der Waals surface area contributed by atoms with Gasteiger partial charge in [0.15, 0.2) is 9.84 Å². The molecule has 18 heavy (non-hydrogen) atoms. The number of nitrogens with zero attached hydrogens (tertiary/aromatic N) is 1. The van der Waals surface area contributed by atoms with Crippen molar-refractivity contribution >= 4 is 47.1 Å². The Morgan fingerprint density at radius 3 is 2.61 bits per heavy atom. The predicted molar refractivity (Wildman–Crippen MR) is 74.0 cm³/mol. The molecule has 5 nitrogen and oxygen atoms in total. The third kappa shape index (κ3) is 2.79. The third-order valence-electron chi connectivity index (χ3n) is 2.90. The zero-order chi connectivity index (χ0) is 13.6. The standard InChI is InChI=1S/C9H12BrNO4S3/c1-11(8-2-3-17(12,13)6-8)18(14,15)9-4-7(10)5-16-9/h4-5,8H,2-3,6H2,1H3. The molecule has 1 fully saturated rings. The summed E-state index contributed by atoms with van der Waals surface area (Å²) in [5.74, 6) is -0.0268. The third-order valence-corrected chi connectivity index (χ3v) is 8.74.